The zero-order valence-electron chi connectivity index (χ0n) is 13.6. The summed E-state index contributed by atoms with van der Waals surface area (Å²) in [4.78, 5) is 27.4. The molecule has 0 saturated carbocycles. The normalized spacial score (nSPS) is 15.1. The van der Waals surface area contributed by atoms with Crippen molar-refractivity contribution in [3.05, 3.63) is 69.3 Å². The maximum Gasteiger partial charge on any atom is 0.363 e. The molecule has 0 unspecified atom stereocenters. The first kappa shape index (κ1) is 17.1. The number of rotatable bonds is 3. The quantitative estimate of drug-likeness (QED) is 0.444. The lowest BCUT2D eigenvalue weighted by Crippen LogP contribution is -2.05. The molecular weight excluding hydrogens is 386 g/mol. The lowest BCUT2D eigenvalue weighted by Gasteiger charge is -2.04. The number of carbonyl (C=O) groups is 2. The zero-order valence-corrected chi connectivity index (χ0v) is 15.2. The SMILES string of the molecule is CC(=O)Oc1ccc(/C=C2\N=C(c3cccc(C)c3)OC2=O)cc1Br. The minimum Gasteiger partial charge on any atom is -0.426 e. The predicted molar refractivity (Wildman–Crippen MR) is 97.2 cm³/mol. The van der Waals surface area contributed by atoms with E-state index in [-0.39, 0.29) is 11.6 Å². The largest absolute Gasteiger partial charge is 0.426 e. The van der Waals surface area contributed by atoms with E-state index in [0.717, 1.165) is 16.7 Å². The Labute approximate surface area is 153 Å². The number of halogens is 1. The summed E-state index contributed by atoms with van der Waals surface area (Å²) < 4.78 is 10.9. The molecule has 0 amide bonds. The van der Waals surface area contributed by atoms with Gasteiger partial charge in [-0.3, -0.25) is 4.79 Å². The van der Waals surface area contributed by atoms with E-state index in [2.05, 4.69) is 20.9 Å². The van der Waals surface area contributed by atoms with Gasteiger partial charge in [-0.15, -0.1) is 0 Å². The van der Waals surface area contributed by atoms with Crippen LogP contribution in [0.1, 0.15) is 23.6 Å². The Morgan fingerprint density at radius 2 is 2.04 bits per heavy atom. The van der Waals surface area contributed by atoms with Gasteiger partial charge in [-0.25, -0.2) is 9.79 Å². The molecule has 2 aromatic rings. The van der Waals surface area contributed by atoms with Crippen molar-refractivity contribution in [1.82, 2.24) is 0 Å². The molecule has 0 radical (unpaired) electrons. The topological polar surface area (TPSA) is 65.0 Å². The number of esters is 2. The van der Waals surface area contributed by atoms with Crippen LogP contribution in [0.15, 0.2) is 57.6 Å². The number of carbonyl (C=O) groups excluding carboxylic acids is 2. The highest BCUT2D eigenvalue weighted by Crippen LogP contribution is 2.28. The lowest BCUT2D eigenvalue weighted by atomic mass is 10.1. The molecule has 6 heteroatoms. The van der Waals surface area contributed by atoms with Gasteiger partial charge in [0, 0.05) is 12.5 Å². The fourth-order valence-electron chi connectivity index (χ4n) is 2.31. The second-order valence-corrected chi connectivity index (χ2v) is 6.34. The van der Waals surface area contributed by atoms with Crippen LogP contribution in [-0.4, -0.2) is 17.8 Å². The third kappa shape index (κ3) is 4.03. The van der Waals surface area contributed by atoms with Gasteiger partial charge >= 0.3 is 11.9 Å². The van der Waals surface area contributed by atoms with Crippen LogP contribution in [0.2, 0.25) is 0 Å². The maximum atomic E-state index is 12.1. The smallest absolute Gasteiger partial charge is 0.363 e. The highest BCUT2D eigenvalue weighted by molar-refractivity contribution is 9.10. The van der Waals surface area contributed by atoms with Gasteiger partial charge in [-0.05, 0) is 58.8 Å². The molecule has 0 atom stereocenters. The van der Waals surface area contributed by atoms with E-state index in [0.29, 0.717) is 10.2 Å². The average molecular weight is 400 g/mol. The number of hydrogen-bond acceptors (Lipinski definition) is 5. The van der Waals surface area contributed by atoms with Crippen molar-refractivity contribution in [2.24, 2.45) is 4.99 Å². The second kappa shape index (κ2) is 7.03. The first-order valence-corrected chi connectivity index (χ1v) is 8.29. The first-order valence-electron chi connectivity index (χ1n) is 7.50. The summed E-state index contributed by atoms with van der Waals surface area (Å²) in [6.07, 6.45) is 1.62. The molecule has 0 aliphatic carbocycles. The summed E-state index contributed by atoms with van der Waals surface area (Å²) >= 11 is 3.34. The van der Waals surface area contributed by atoms with Crippen molar-refractivity contribution >= 4 is 39.8 Å². The molecule has 0 bridgehead atoms. The Morgan fingerprint density at radius 1 is 1.24 bits per heavy atom. The molecule has 0 aromatic heterocycles. The molecule has 0 spiro atoms. The average Bonchev–Trinajstić information content (AvgIpc) is 2.91. The Hall–Kier alpha value is -2.73. The molecule has 2 aromatic carbocycles. The number of aryl methyl sites for hydroxylation is 1. The molecule has 0 N–H and O–H groups in total. The standard InChI is InChI=1S/C19H14BrNO4/c1-11-4-3-5-14(8-11)18-21-16(19(23)25-18)10-13-6-7-17(15(20)9-13)24-12(2)22/h3-10H,1-2H3/b16-10-. The highest BCUT2D eigenvalue weighted by atomic mass is 79.9. The van der Waals surface area contributed by atoms with Gasteiger partial charge in [0.2, 0.25) is 5.90 Å². The Balaban J connectivity index is 1.89. The van der Waals surface area contributed by atoms with E-state index in [1.165, 1.54) is 6.92 Å². The van der Waals surface area contributed by atoms with E-state index in [1.54, 1.807) is 24.3 Å². The van der Waals surface area contributed by atoms with Crippen LogP contribution in [0.5, 0.6) is 5.75 Å². The number of ether oxygens (including phenoxy) is 2. The predicted octanol–water partition coefficient (Wildman–Crippen LogP) is 4.03. The number of aliphatic imine (C=N–C) groups is 1. The van der Waals surface area contributed by atoms with Gasteiger partial charge < -0.3 is 9.47 Å². The Morgan fingerprint density at radius 3 is 2.72 bits per heavy atom. The molecule has 25 heavy (non-hydrogen) atoms. The summed E-state index contributed by atoms with van der Waals surface area (Å²) in [5.41, 5.74) is 2.74. The van der Waals surface area contributed by atoms with Crippen LogP contribution in [-0.2, 0) is 14.3 Å². The van der Waals surface area contributed by atoms with E-state index in [4.69, 9.17) is 9.47 Å². The molecule has 1 heterocycles. The summed E-state index contributed by atoms with van der Waals surface area (Å²) in [5, 5.41) is 0. The van der Waals surface area contributed by atoms with Crippen molar-refractivity contribution in [2.75, 3.05) is 0 Å². The Kier molecular flexibility index (Phi) is 4.81. The van der Waals surface area contributed by atoms with Gasteiger partial charge in [0.1, 0.15) is 5.75 Å². The number of benzene rings is 2. The summed E-state index contributed by atoms with van der Waals surface area (Å²) in [6.45, 7) is 3.29. The fourth-order valence-corrected chi connectivity index (χ4v) is 2.79. The molecule has 3 rings (SSSR count). The van der Waals surface area contributed by atoms with Gasteiger partial charge in [0.15, 0.2) is 5.70 Å². The Bertz CT molecular complexity index is 931. The minimum atomic E-state index is -0.503. The van der Waals surface area contributed by atoms with Gasteiger partial charge in [-0.1, -0.05) is 23.8 Å². The third-order valence-corrected chi connectivity index (χ3v) is 4.02. The van der Waals surface area contributed by atoms with E-state index >= 15 is 0 Å². The lowest BCUT2D eigenvalue weighted by molar-refractivity contribution is -0.132. The van der Waals surface area contributed by atoms with Crippen molar-refractivity contribution in [3.63, 3.8) is 0 Å². The van der Waals surface area contributed by atoms with E-state index < -0.39 is 11.9 Å². The molecule has 126 valence electrons. The minimum absolute atomic E-state index is 0.212. The molecule has 1 aliphatic rings. The molecule has 0 saturated heterocycles. The molecular formula is C19H14BrNO4. The van der Waals surface area contributed by atoms with Crippen LogP contribution >= 0.6 is 15.9 Å². The summed E-state index contributed by atoms with van der Waals surface area (Å²) in [5.74, 6) is -0.210. The molecule has 5 nitrogen and oxygen atoms in total. The zero-order chi connectivity index (χ0) is 18.0. The first-order chi connectivity index (χ1) is 11.9. The van der Waals surface area contributed by atoms with Crippen LogP contribution in [0, 0.1) is 6.92 Å². The van der Waals surface area contributed by atoms with Crippen molar-refractivity contribution in [2.45, 2.75) is 13.8 Å². The van der Waals surface area contributed by atoms with Crippen LogP contribution in [0.4, 0.5) is 0 Å². The fraction of sp³-hybridized carbons (Fsp3) is 0.105. The van der Waals surface area contributed by atoms with Crippen LogP contribution < -0.4 is 4.74 Å². The summed E-state index contributed by atoms with van der Waals surface area (Å²) in [6, 6.07) is 12.7. The van der Waals surface area contributed by atoms with E-state index in [1.807, 2.05) is 31.2 Å². The maximum absolute atomic E-state index is 12.1. The monoisotopic (exact) mass is 399 g/mol. The highest BCUT2D eigenvalue weighted by Gasteiger charge is 2.24. The van der Waals surface area contributed by atoms with Crippen LogP contribution in [0.3, 0.4) is 0 Å². The number of hydrogen-bond donors (Lipinski definition) is 0. The van der Waals surface area contributed by atoms with Gasteiger partial charge in [0.25, 0.3) is 0 Å². The number of nitrogens with zero attached hydrogens (tertiary/aromatic N) is 1. The molecule has 0 fully saturated rings. The van der Waals surface area contributed by atoms with Crippen molar-refractivity contribution < 1.29 is 19.1 Å². The van der Waals surface area contributed by atoms with Gasteiger partial charge in [0.05, 0.1) is 4.47 Å². The summed E-state index contributed by atoms with van der Waals surface area (Å²) in [7, 11) is 0. The third-order valence-electron chi connectivity index (χ3n) is 3.40. The van der Waals surface area contributed by atoms with E-state index in [9.17, 15) is 9.59 Å². The second-order valence-electron chi connectivity index (χ2n) is 5.49. The van der Waals surface area contributed by atoms with Gasteiger partial charge in [-0.2, -0.15) is 0 Å². The van der Waals surface area contributed by atoms with Crippen LogP contribution in [0.25, 0.3) is 6.08 Å². The number of cyclic esters (lactones) is 1. The molecule has 1 aliphatic heterocycles. The van der Waals surface area contributed by atoms with Crippen molar-refractivity contribution in [1.29, 1.82) is 0 Å². The van der Waals surface area contributed by atoms with Crippen molar-refractivity contribution in [3.8, 4) is 5.75 Å².